The molecule has 2 aromatic carbocycles. The molecule has 3 rings (SSSR count). The van der Waals surface area contributed by atoms with E-state index in [4.69, 9.17) is 14.5 Å². The van der Waals surface area contributed by atoms with Crippen LogP contribution in [0.25, 0.3) is 0 Å². The lowest BCUT2D eigenvalue weighted by Crippen LogP contribution is -2.18. The summed E-state index contributed by atoms with van der Waals surface area (Å²) in [5, 5.41) is 3.03. The largest absolute Gasteiger partial charge is 0.484 e. The van der Waals surface area contributed by atoms with Crippen molar-refractivity contribution >= 4 is 14.9 Å². The van der Waals surface area contributed by atoms with Crippen molar-refractivity contribution in [3.63, 3.8) is 0 Å². The summed E-state index contributed by atoms with van der Waals surface area (Å²) in [4.78, 5) is 16.4. The zero-order chi connectivity index (χ0) is 23.5. The maximum atomic E-state index is 11.6. The second-order valence-electron chi connectivity index (χ2n) is 8.88. The second kappa shape index (κ2) is 9.79. The molecular formula is C26H31N2O3P. The minimum atomic E-state index is -0.321. The highest BCUT2D eigenvalue weighted by Gasteiger charge is 2.19. The van der Waals surface area contributed by atoms with E-state index in [2.05, 4.69) is 28.3 Å². The maximum Gasteiger partial charge on any atom is 0.127 e. The van der Waals surface area contributed by atoms with Crippen LogP contribution in [0, 0.1) is 18.8 Å². The van der Waals surface area contributed by atoms with Gasteiger partial charge in [0.1, 0.15) is 28.3 Å². The Bertz CT molecular complexity index is 1090. The fraction of sp³-hybridized carbons (Fsp3) is 0.346. The molecule has 0 saturated heterocycles. The van der Waals surface area contributed by atoms with Crippen molar-refractivity contribution in [3.05, 3.63) is 81.5 Å². The van der Waals surface area contributed by atoms with Crippen LogP contribution in [0.2, 0.25) is 0 Å². The highest BCUT2D eigenvalue weighted by molar-refractivity contribution is 7.18. The van der Waals surface area contributed by atoms with Crippen LogP contribution < -0.4 is 9.47 Å². The molecule has 0 spiro atoms. The van der Waals surface area contributed by atoms with E-state index in [0.29, 0.717) is 12.1 Å². The molecule has 1 heterocycles. The number of ether oxygens (including phenoxy) is 2. The molecule has 168 valence electrons. The van der Waals surface area contributed by atoms with Crippen molar-refractivity contribution in [2.75, 3.05) is 0 Å². The van der Waals surface area contributed by atoms with E-state index >= 15 is 0 Å². The maximum absolute atomic E-state index is 11.6. The molecule has 0 bridgehead atoms. The van der Waals surface area contributed by atoms with Crippen LogP contribution in [0.3, 0.4) is 0 Å². The topological polar surface area (TPSA) is 60.8 Å². The van der Waals surface area contributed by atoms with E-state index in [1.165, 1.54) is 0 Å². The zero-order valence-electron chi connectivity index (χ0n) is 19.6. The number of pyridine rings is 1. The number of nitrogens with zero attached hydrogens (tertiary/aromatic N) is 2. The van der Waals surface area contributed by atoms with Gasteiger partial charge in [0.15, 0.2) is 0 Å². The van der Waals surface area contributed by atoms with Crippen LogP contribution in [0.4, 0.5) is 5.69 Å². The van der Waals surface area contributed by atoms with Gasteiger partial charge < -0.3 is 9.47 Å². The lowest BCUT2D eigenvalue weighted by Gasteiger charge is -2.21. The van der Waals surface area contributed by atoms with Crippen molar-refractivity contribution < 1.29 is 9.47 Å². The summed E-state index contributed by atoms with van der Waals surface area (Å²) in [7, 11) is 2.66. The van der Waals surface area contributed by atoms with Gasteiger partial charge in [-0.15, -0.1) is 4.91 Å². The van der Waals surface area contributed by atoms with Gasteiger partial charge in [-0.2, -0.15) is 0 Å². The molecule has 0 saturated carbocycles. The zero-order valence-corrected chi connectivity index (χ0v) is 20.8. The number of aryl methyl sites for hydroxylation is 1. The highest BCUT2D eigenvalue weighted by Crippen LogP contribution is 2.34. The number of nitroso groups, excluding NO2 is 1. The minimum absolute atomic E-state index is 0.205. The smallest absolute Gasteiger partial charge is 0.127 e. The van der Waals surface area contributed by atoms with Crippen LogP contribution in [-0.4, -0.2) is 10.3 Å². The Labute approximate surface area is 192 Å². The van der Waals surface area contributed by atoms with Gasteiger partial charge in [-0.05, 0) is 86.3 Å². The average molecular weight is 451 g/mol. The third kappa shape index (κ3) is 5.92. The predicted octanol–water partition coefficient (Wildman–Crippen LogP) is 7.59. The van der Waals surface area contributed by atoms with Gasteiger partial charge in [-0.3, -0.25) is 4.98 Å². The number of benzene rings is 2. The van der Waals surface area contributed by atoms with Crippen LogP contribution in [0.15, 0.2) is 53.7 Å². The molecule has 5 nitrogen and oxygen atoms in total. The summed E-state index contributed by atoms with van der Waals surface area (Å²) in [6.07, 6.45) is 0.597. The third-order valence-electron chi connectivity index (χ3n) is 5.16. The molecule has 0 aliphatic carbocycles. The van der Waals surface area contributed by atoms with Crippen molar-refractivity contribution in [2.24, 2.45) is 5.18 Å². The van der Waals surface area contributed by atoms with Gasteiger partial charge in [0, 0.05) is 23.4 Å². The second-order valence-corrected chi connectivity index (χ2v) is 10.3. The van der Waals surface area contributed by atoms with E-state index in [-0.39, 0.29) is 11.3 Å². The van der Waals surface area contributed by atoms with Crippen molar-refractivity contribution in [2.45, 2.75) is 59.2 Å². The first-order valence-corrected chi connectivity index (χ1v) is 11.3. The normalized spacial score (nSPS) is 11.5. The summed E-state index contributed by atoms with van der Waals surface area (Å²) in [6, 6.07) is 15.4. The number of aromatic nitrogens is 1. The monoisotopic (exact) mass is 450 g/mol. The summed E-state index contributed by atoms with van der Waals surface area (Å²) in [5.74, 6) is 2.47. The molecule has 6 heteroatoms. The standard InChI is InChI=1S/C26H31N2O3P/c1-16(2)24-23(25(28-29)17(3)18(4)27-24)15-19-7-9-20(10-8-19)30-21-11-13-22(14-12-21)31-26(5,6)32/h7-14,16H,15,32H2,1-6H3. The Hall–Kier alpha value is -2.78. The molecule has 0 radical (unpaired) electrons. The van der Waals surface area contributed by atoms with Crippen molar-refractivity contribution in [1.29, 1.82) is 0 Å². The van der Waals surface area contributed by atoms with Crippen LogP contribution >= 0.6 is 9.24 Å². The number of hydrogen-bond acceptors (Lipinski definition) is 5. The molecule has 3 aromatic rings. The van der Waals surface area contributed by atoms with Gasteiger partial charge in [0.2, 0.25) is 0 Å². The first-order chi connectivity index (χ1) is 15.1. The van der Waals surface area contributed by atoms with Crippen LogP contribution in [-0.2, 0) is 6.42 Å². The first kappa shape index (κ1) is 23.9. The lowest BCUT2D eigenvalue weighted by molar-refractivity contribution is 0.206. The van der Waals surface area contributed by atoms with Gasteiger partial charge in [0.05, 0.1) is 0 Å². The minimum Gasteiger partial charge on any atom is -0.484 e. The van der Waals surface area contributed by atoms with E-state index in [1.54, 1.807) is 0 Å². The fourth-order valence-electron chi connectivity index (χ4n) is 3.52. The molecule has 0 N–H and O–H groups in total. The van der Waals surface area contributed by atoms with Crippen LogP contribution in [0.1, 0.15) is 61.7 Å². The molecule has 0 aliphatic rings. The van der Waals surface area contributed by atoms with E-state index in [0.717, 1.165) is 45.3 Å². The summed E-state index contributed by atoms with van der Waals surface area (Å²) in [6.45, 7) is 12.0. The Morgan fingerprint density at radius 3 is 2.00 bits per heavy atom. The molecule has 1 aromatic heterocycles. The fourth-order valence-corrected chi connectivity index (χ4v) is 3.66. The van der Waals surface area contributed by atoms with Gasteiger partial charge in [-0.1, -0.05) is 35.2 Å². The van der Waals surface area contributed by atoms with Gasteiger partial charge in [-0.25, -0.2) is 0 Å². The summed E-state index contributed by atoms with van der Waals surface area (Å²) >= 11 is 0. The van der Waals surface area contributed by atoms with Crippen LogP contribution in [0.5, 0.6) is 17.2 Å². The Balaban J connectivity index is 1.77. The molecule has 0 amide bonds. The third-order valence-corrected chi connectivity index (χ3v) is 5.28. The predicted molar refractivity (Wildman–Crippen MR) is 133 cm³/mol. The van der Waals surface area contributed by atoms with E-state index in [9.17, 15) is 4.91 Å². The molecule has 0 fully saturated rings. The number of hydrogen-bond donors (Lipinski definition) is 0. The lowest BCUT2D eigenvalue weighted by atomic mass is 9.94. The molecule has 32 heavy (non-hydrogen) atoms. The van der Waals surface area contributed by atoms with E-state index in [1.807, 2.05) is 76.2 Å². The van der Waals surface area contributed by atoms with Gasteiger partial charge >= 0.3 is 0 Å². The molecular weight excluding hydrogens is 419 g/mol. The summed E-state index contributed by atoms with van der Waals surface area (Å²) < 4.78 is 11.8. The SMILES string of the molecule is Cc1nc(C(C)C)c(Cc2ccc(Oc3ccc(OC(C)(C)P)cc3)cc2)c(N=O)c1C. The van der Waals surface area contributed by atoms with Crippen molar-refractivity contribution in [3.8, 4) is 17.2 Å². The molecule has 0 aliphatic heterocycles. The summed E-state index contributed by atoms with van der Waals surface area (Å²) in [5.41, 5.74) is 5.11. The van der Waals surface area contributed by atoms with Gasteiger partial charge in [0.25, 0.3) is 0 Å². The van der Waals surface area contributed by atoms with E-state index < -0.39 is 0 Å². The quantitative estimate of drug-likeness (QED) is 0.262. The Kier molecular flexibility index (Phi) is 7.30. The average Bonchev–Trinajstić information content (AvgIpc) is 2.72. The number of rotatable bonds is 8. The molecule has 1 unspecified atom stereocenters. The molecule has 1 atom stereocenters. The Morgan fingerprint density at radius 1 is 0.969 bits per heavy atom. The highest BCUT2D eigenvalue weighted by atomic mass is 31.0. The Morgan fingerprint density at radius 2 is 1.50 bits per heavy atom. The first-order valence-electron chi connectivity index (χ1n) is 10.8. The van der Waals surface area contributed by atoms with Crippen molar-refractivity contribution in [1.82, 2.24) is 4.98 Å².